The van der Waals surface area contributed by atoms with Gasteiger partial charge in [0.15, 0.2) is 6.61 Å². The van der Waals surface area contributed by atoms with E-state index in [2.05, 4.69) is 10.2 Å². The van der Waals surface area contributed by atoms with Gasteiger partial charge in [-0.25, -0.2) is 9.18 Å². The topological polar surface area (TPSA) is 85.5 Å². The number of carbonyl (C=O) groups is 2. The number of carbonyl (C=O) groups excluding carboxylic acids is 2. The quantitative estimate of drug-likeness (QED) is 0.359. The highest BCUT2D eigenvalue weighted by Crippen LogP contribution is 2.24. The van der Waals surface area contributed by atoms with Crippen molar-refractivity contribution in [2.75, 3.05) is 18.1 Å². The lowest BCUT2D eigenvalue weighted by Gasteiger charge is -2.20. The van der Waals surface area contributed by atoms with Gasteiger partial charge in [-0.05, 0) is 74.5 Å². The fraction of sp³-hybridized carbons (Fsp3) is 0.154. The van der Waals surface area contributed by atoms with Crippen molar-refractivity contribution < 1.29 is 23.1 Å². The zero-order valence-electron chi connectivity index (χ0n) is 18.7. The van der Waals surface area contributed by atoms with Crippen LogP contribution in [0.15, 0.2) is 77.2 Å². The summed E-state index contributed by atoms with van der Waals surface area (Å²) in [5, 5.41) is 8.16. The second kappa shape index (κ2) is 10.1. The number of esters is 1. The number of amides is 1. The summed E-state index contributed by atoms with van der Waals surface area (Å²) in [5.41, 5.74) is 3.40. The van der Waals surface area contributed by atoms with Gasteiger partial charge in [-0.1, -0.05) is 17.7 Å². The van der Waals surface area contributed by atoms with E-state index in [-0.39, 0.29) is 5.56 Å². The number of rotatable bonds is 7. The molecule has 0 aliphatic carbocycles. The normalized spacial score (nSPS) is 10.7. The fourth-order valence-electron chi connectivity index (χ4n) is 3.31. The maximum absolute atomic E-state index is 13.1. The molecule has 0 N–H and O–H groups in total. The largest absolute Gasteiger partial charge is 0.452 e. The molecule has 1 aromatic heterocycles. The lowest BCUT2D eigenvalue weighted by Crippen LogP contribution is -2.34. The van der Waals surface area contributed by atoms with Crippen LogP contribution < -0.4 is 4.90 Å². The maximum Gasteiger partial charge on any atom is 0.338 e. The van der Waals surface area contributed by atoms with Crippen LogP contribution in [0.2, 0.25) is 0 Å². The molecule has 4 aromatic rings. The van der Waals surface area contributed by atoms with Crippen LogP contribution in [0.5, 0.6) is 0 Å². The molecule has 0 atom stereocenters. The summed E-state index contributed by atoms with van der Waals surface area (Å²) in [4.78, 5) is 26.3. The number of likely N-dealkylation sites (N-methyl/N-ethyl adjacent to an activating group) is 1. The van der Waals surface area contributed by atoms with Gasteiger partial charge in [0.1, 0.15) is 5.82 Å². The van der Waals surface area contributed by atoms with E-state index in [9.17, 15) is 14.0 Å². The van der Waals surface area contributed by atoms with Gasteiger partial charge in [-0.2, -0.15) is 0 Å². The van der Waals surface area contributed by atoms with Crippen LogP contribution in [-0.4, -0.2) is 35.2 Å². The summed E-state index contributed by atoms with van der Waals surface area (Å²) in [6.45, 7) is 3.70. The molecule has 0 aliphatic rings. The number of ether oxygens (including phenoxy) is 1. The molecule has 1 heterocycles. The van der Waals surface area contributed by atoms with E-state index in [1.807, 2.05) is 31.2 Å². The van der Waals surface area contributed by atoms with Gasteiger partial charge in [0, 0.05) is 23.4 Å². The number of aryl methyl sites for hydroxylation is 1. The summed E-state index contributed by atoms with van der Waals surface area (Å²) < 4.78 is 24.1. The predicted molar refractivity (Wildman–Crippen MR) is 125 cm³/mol. The van der Waals surface area contributed by atoms with Gasteiger partial charge in [0.05, 0.1) is 5.56 Å². The molecule has 34 heavy (non-hydrogen) atoms. The highest BCUT2D eigenvalue weighted by atomic mass is 19.1. The van der Waals surface area contributed by atoms with E-state index in [4.69, 9.17) is 9.15 Å². The first kappa shape index (κ1) is 22.8. The first-order valence-electron chi connectivity index (χ1n) is 10.7. The van der Waals surface area contributed by atoms with Gasteiger partial charge in [-0.15, -0.1) is 10.2 Å². The zero-order valence-corrected chi connectivity index (χ0v) is 18.7. The Morgan fingerprint density at radius 3 is 2.00 bits per heavy atom. The number of nitrogens with zero attached hydrogens (tertiary/aromatic N) is 3. The monoisotopic (exact) mass is 459 g/mol. The molecule has 0 radical (unpaired) electrons. The van der Waals surface area contributed by atoms with E-state index < -0.39 is 24.3 Å². The van der Waals surface area contributed by atoms with E-state index >= 15 is 0 Å². The number of benzene rings is 3. The maximum atomic E-state index is 13.1. The standard InChI is InChI=1S/C26H22FN3O4/c1-3-30(22-14-12-21(27)13-15-22)23(31)16-33-26(32)20-10-8-19(9-11-20)25-29-28-24(34-25)18-6-4-17(2)5-7-18/h4-15H,3,16H2,1-2H3. The first-order valence-corrected chi connectivity index (χ1v) is 10.7. The van der Waals surface area contributed by atoms with Crippen molar-refractivity contribution in [3.8, 4) is 22.9 Å². The Morgan fingerprint density at radius 1 is 0.882 bits per heavy atom. The summed E-state index contributed by atoms with van der Waals surface area (Å²) in [5.74, 6) is -0.717. The van der Waals surface area contributed by atoms with Crippen molar-refractivity contribution in [1.29, 1.82) is 0 Å². The highest BCUT2D eigenvalue weighted by Gasteiger charge is 2.18. The minimum absolute atomic E-state index is 0.277. The lowest BCUT2D eigenvalue weighted by atomic mass is 10.1. The molecule has 3 aromatic carbocycles. The zero-order chi connectivity index (χ0) is 24.1. The Bertz CT molecular complexity index is 1280. The Hall–Kier alpha value is -4.33. The van der Waals surface area contributed by atoms with E-state index in [0.717, 1.165) is 11.1 Å². The summed E-state index contributed by atoms with van der Waals surface area (Å²) >= 11 is 0. The third-order valence-electron chi connectivity index (χ3n) is 5.17. The highest BCUT2D eigenvalue weighted by molar-refractivity contribution is 5.97. The smallest absolute Gasteiger partial charge is 0.338 e. The van der Waals surface area contributed by atoms with Gasteiger partial charge < -0.3 is 14.1 Å². The second-order valence-corrected chi connectivity index (χ2v) is 7.55. The van der Waals surface area contributed by atoms with Crippen molar-refractivity contribution in [3.63, 3.8) is 0 Å². The number of hydrogen-bond acceptors (Lipinski definition) is 6. The van der Waals surface area contributed by atoms with Crippen LogP contribution in [0.1, 0.15) is 22.8 Å². The van der Waals surface area contributed by atoms with Gasteiger partial charge in [0.2, 0.25) is 11.8 Å². The van der Waals surface area contributed by atoms with Crippen molar-refractivity contribution >= 4 is 17.6 Å². The minimum Gasteiger partial charge on any atom is -0.452 e. The Balaban J connectivity index is 1.38. The molecule has 1 amide bonds. The molecule has 0 unspecified atom stereocenters. The van der Waals surface area contributed by atoms with Crippen LogP contribution in [0.25, 0.3) is 22.9 Å². The molecule has 0 bridgehead atoms. The van der Waals surface area contributed by atoms with Crippen LogP contribution in [0, 0.1) is 12.7 Å². The SMILES string of the molecule is CCN(C(=O)COC(=O)c1ccc(-c2nnc(-c3ccc(C)cc3)o2)cc1)c1ccc(F)cc1. The first-order chi connectivity index (χ1) is 16.4. The molecule has 0 saturated carbocycles. The van der Waals surface area contributed by atoms with Crippen LogP contribution in [0.3, 0.4) is 0 Å². The number of halogens is 1. The number of anilines is 1. The van der Waals surface area contributed by atoms with Gasteiger partial charge in [0.25, 0.3) is 5.91 Å². The molecule has 0 spiro atoms. The summed E-state index contributed by atoms with van der Waals surface area (Å²) in [6, 6.07) is 19.7. The van der Waals surface area contributed by atoms with E-state index in [0.29, 0.717) is 29.6 Å². The van der Waals surface area contributed by atoms with Crippen molar-refractivity contribution in [2.45, 2.75) is 13.8 Å². The third-order valence-corrected chi connectivity index (χ3v) is 5.17. The van der Waals surface area contributed by atoms with Crippen LogP contribution >= 0.6 is 0 Å². The molecule has 0 aliphatic heterocycles. The minimum atomic E-state index is -0.638. The predicted octanol–water partition coefficient (Wildman–Crippen LogP) is 5.06. The molecule has 0 fully saturated rings. The fourth-order valence-corrected chi connectivity index (χ4v) is 3.31. The van der Waals surface area contributed by atoms with Crippen molar-refractivity contribution in [1.82, 2.24) is 10.2 Å². The summed E-state index contributed by atoms with van der Waals surface area (Å²) in [7, 11) is 0. The Kier molecular flexibility index (Phi) is 6.77. The Morgan fingerprint density at radius 2 is 1.44 bits per heavy atom. The summed E-state index contributed by atoms with van der Waals surface area (Å²) in [6.07, 6.45) is 0. The number of hydrogen-bond donors (Lipinski definition) is 0. The molecule has 172 valence electrons. The lowest BCUT2D eigenvalue weighted by molar-refractivity contribution is -0.121. The van der Waals surface area contributed by atoms with Gasteiger partial charge >= 0.3 is 5.97 Å². The van der Waals surface area contributed by atoms with E-state index in [1.54, 1.807) is 31.2 Å². The van der Waals surface area contributed by atoms with Crippen molar-refractivity contribution in [2.24, 2.45) is 0 Å². The molecule has 4 rings (SSSR count). The molecule has 7 nitrogen and oxygen atoms in total. The van der Waals surface area contributed by atoms with Crippen LogP contribution in [-0.2, 0) is 9.53 Å². The molecular weight excluding hydrogens is 437 g/mol. The molecule has 0 saturated heterocycles. The van der Waals surface area contributed by atoms with Gasteiger partial charge in [-0.3, -0.25) is 4.79 Å². The third kappa shape index (κ3) is 5.17. The second-order valence-electron chi connectivity index (χ2n) is 7.55. The molecular formula is C26H22FN3O4. The Labute approximate surface area is 195 Å². The average molecular weight is 459 g/mol. The number of aromatic nitrogens is 2. The van der Waals surface area contributed by atoms with Crippen LogP contribution in [0.4, 0.5) is 10.1 Å². The van der Waals surface area contributed by atoms with E-state index in [1.165, 1.54) is 29.2 Å². The molecule has 8 heteroatoms. The van der Waals surface area contributed by atoms with Crippen molar-refractivity contribution in [3.05, 3.63) is 89.7 Å². The average Bonchev–Trinajstić information content (AvgIpc) is 3.35.